The monoisotopic (exact) mass is 318 g/mol. The van der Waals surface area contributed by atoms with E-state index in [9.17, 15) is 14.7 Å². The Bertz CT molecular complexity index is 707. The van der Waals surface area contributed by atoms with Gasteiger partial charge in [-0.05, 0) is 32.4 Å². The van der Waals surface area contributed by atoms with Crippen molar-refractivity contribution in [3.63, 3.8) is 0 Å². The third-order valence-corrected chi connectivity index (χ3v) is 3.65. The quantitative estimate of drug-likeness (QED) is 0.729. The fourth-order valence-electron chi connectivity index (χ4n) is 2.42. The van der Waals surface area contributed by atoms with Gasteiger partial charge in [0.05, 0.1) is 6.10 Å². The molecular formula is C17H22N2O4. The molecule has 0 aliphatic carbocycles. The number of aromatic amines is 1. The maximum absolute atomic E-state index is 12.0. The molecule has 23 heavy (non-hydrogen) atoms. The van der Waals surface area contributed by atoms with Gasteiger partial charge in [-0.2, -0.15) is 0 Å². The van der Waals surface area contributed by atoms with Crippen LogP contribution in [0.2, 0.25) is 0 Å². The first kappa shape index (κ1) is 17.0. The van der Waals surface area contributed by atoms with Crippen LogP contribution in [0.4, 0.5) is 0 Å². The number of carboxylic acid groups (broad SMARTS) is 1. The van der Waals surface area contributed by atoms with Gasteiger partial charge in [0.15, 0.2) is 0 Å². The predicted octanol–water partition coefficient (Wildman–Crippen LogP) is 2.09. The van der Waals surface area contributed by atoms with Gasteiger partial charge in [0.2, 0.25) is 5.91 Å². The number of ether oxygens (including phenoxy) is 1. The molecule has 1 aromatic carbocycles. The van der Waals surface area contributed by atoms with Gasteiger partial charge < -0.3 is 20.1 Å². The Morgan fingerprint density at radius 3 is 2.70 bits per heavy atom. The van der Waals surface area contributed by atoms with Crippen molar-refractivity contribution < 1.29 is 19.4 Å². The standard InChI is InChI=1S/C17H22N2O4/c1-11(2)23-10-15(20)19-17(3,16(21)22)8-12-9-18-14-7-5-4-6-13(12)14/h4-7,9,11,18H,8,10H2,1-3H3,(H,19,20)(H,21,22). The summed E-state index contributed by atoms with van der Waals surface area (Å²) in [7, 11) is 0. The lowest BCUT2D eigenvalue weighted by Gasteiger charge is -2.26. The molecule has 1 atom stereocenters. The second-order valence-corrected chi connectivity index (χ2v) is 6.08. The second-order valence-electron chi connectivity index (χ2n) is 6.08. The lowest BCUT2D eigenvalue weighted by Crippen LogP contribution is -2.54. The van der Waals surface area contributed by atoms with Crippen molar-refractivity contribution in [3.8, 4) is 0 Å². The molecule has 3 N–H and O–H groups in total. The molecule has 0 bridgehead atoms. The maximum Gasteiger partial charge on any atom is 0.329 e. The summed E-state index contributed by atoms with van der Waals surface area (Å²) in [6.45, 7) is 4.98. The van der Waals surface area contributed by atoms with Crippen molar-refractivity contribution in [2.75, 3.05) is 6.61 Å². The van der Waals surface area contributed by atoms with Gasteiger partial charge in [-0.15, -0.1) is 0 Å². The zero-order chi connectivity index (χ0) is 17.0. The SMILES string of the molecule is CC(C)OCC(=O)NC(C)(Cc1c[nH]c2ccccc12)C(=O)O. The first-order valence-electron chi connectivity index (χ1n) is 7.53. The van der Waals surface area contributed by atoms with Crippen molar-refractivity contribution in [3.05, 3.63) is 36.0 Å². The van der Waals surface area contributed by atoms with Crippen LogP contribution in [0.15, 0.2) is 30.5 Å². The minimum atomic E-state index is -1.40. The number of para-hydroxylation sites is 1. The van der Waals surface area contributed by atoms with Crippen LogP contribution in [0.5, 0.6) is 0 Å². The van der Waals surface area contributed by atoms with Gasteiger partial charge in [-0.1, -0.05) is 18.2 Å². The average molecular weight is 318 g/mol. The highest BCUT2D eigenvalue weighted by Crippen LogP contribution is 2.22. The molecule has 0 radical (unpaired) electrons. The van der Waals surface area contributed by atoms with E-state index in [2.05, 4.69) is 10.3 Å². The Kier molecular flexibility index (Phi) is 5.05. The first-order valence-corrected chi connectivity index (χ1v) is 7.53. The number of benzene rings is 1. The van der Waals surface area contributed by atoms with E-state index in [0.717, 1.165) is 16.5 Å². The van der Waals surface area contributed by atoms with Crippen molar-refractivity contribution in [1.29, 1.82) is 0 Å². The molecule has 0 aliphatic rings. The van der Waals surface area contributed by atoms with Gasteiger partial charge in [0.1, 0.15) is 12.1 Å². The summed E-state index contributed by atoms with van der Waals surface area (Å²) >= 11 is 0. The molecule has 0 saturated heterocycles. The Hall–Kier alpha value is -2.34. The highest BCUT2D eigenvalue weighted by atomic mass is 16.5. The number of rotatable bonds is 7. The Balaban J connectivity index is 2.17. The molecule has 0 fully saturated rings. The van der Waals surface area contributed by atoms with Crippen molar-refractivity contribution in [2.45, 2.75) is 38.8 Å². The molecule has 0 saturated carbocycles. The van der Waals surface area contributed by atoms with Gasteiger partial charge in [-0.3, -0.25) is 4.79 Å². The number of nitrogens with one attached hydrogen (secondary N) is 2. The fraction of sp³-hybridized carbons (Fsp3) is 0.412. The lowest BCUT2D eigenvalue weighted by molar-refractivity contribution is -0.147. The number of carbonyl (C=O) groups is 2. The van der Waals surface area contributed by atoms with Gasteiger partial charge in [0.25, 0.3) is 0 Å². The van der Waals surface area contributed by atoms with E-state index in [-0.39, 0.29) is 19.1 Å². The number of H-pyrrole nitrogens is 1. The number of carbonyl (C=O) groups excluding carboxylic acids is 1. The molecular weight excluding hydrogens is 296 g/mol. The van der Waals surface area contributed by atoms with Crippen molar-refractivity contribution in [2.24, 2.45) is 0 Å². The number of aliphatic carboxylic acids is 1. The summed E-state index contributed by atoms with van der Waals surface area (Å²) < 4.78 is 5.22. The third kappa shape index (κ3) is 4.10. The summed E-state index contributed by atoms with van der Waals surface area (Å²) in [4.78, 5) is 26.8. The van der Waals surface area contributed by atoms with Crippen LogP contribution in [0.3, 0.4) is 0 Å². The third-order valence-electron chi connectivity index (χ3n) is 3.65. The summed E-state index contributed by atoms with van der Waals surface area (Å²) in [5.41, 5.74) is 0.378. The van der Waals surface area contributed by atoms with Gasteiger partial charge >= 0.3 is 5.97 Å². The molecule has 1 heterocycles. The number of aromatic nitrogens is 1. The van der Waals surface area contributed by atoms with Crippen LogP contribution < -0.4 is 5.32 Å². The van der Waals surface area contributed by atoms with Gasteiger partial charge in [-0.25, -0.2) is 4.79 Å². The lowest BCUT2D eigenvalue weighted by atomic mass is 9.92. The van der Waals surface area contributed by atoms with E-state index in [1.54, 1.807) is 6.20 Å². The second kappa shape index (κ2) is 6.83. The summed E-state index contributed by atoms with van der Waals surface area (Å²) in [6, 6.07) is 7.65. The molecule has 6 nitrogen and oxygen atoms in total. The van der Waals surface area contributed by atoms with Crippen LogP contribution in [-0.4, -0.2) is 40.2 Å². The molecule has 1 aromatic heterocycles. The molecule has 0 aliphatic heterocycles. The first-order chi connectivity index (χ1) is 10.8. The van der Waals surface area contributed by atoms with Crippen LogP contribution in [-0.2, 0) is 20.7 Å². The number of hydrogen-bond donors (Lipinski definition) is 3. The number of fused-ring (bicyclic) bond motifs is 1. The minimum absolute atomic E-state index is 0.0922. The maximum atomic E-state index is 12.0. The van der Waals surface area contributed by atoms with E-state index >= 15 is 0 Å². The van der Waals surface area contributed by atoms with Crippen LogP contribution >= 0.6 is 0 Å². The summed E-state index contributed by atoms with van der Waals surface area (Å²) in [5, 5.41) is 13.1. The highest BCUT2D eigenvalue weighted by Gasteiger charge is 2.35. The van der Waals surface area contributed by atoms with Crippen LogP contribution in [0, 0.1) is 0 Å². The molecule has 124 valence electrons. The fourth-order valence-corrected chi connectivity index (χ4v) is 2.42. The average Bonchev–Trinajstić information content (AvgIpc) is 2.88. The van der Waals surface area contributed by atoms with Crippen LogP contribution in [0.25, 0.3) is 10.9 Å². The molecule has 2 rings (SSSR count). The number of hydrogen-bond acceptors (Lipinski definition) is 3. The Morgan fingerprint density at radius 2 is 2.04 bits per heavy atom. The van der Waals surface area contributed by atoms with Crippen LogP contribution in [0.1, 0.15) is 26.3 Å². The Morgan fingerprint density at radius 1 is 1.35 bits per heavy atom. The minimum Gasteiger partial charge on any atom is -0.480 e. The summed E-state index contributed by atoms with van der Waals surface area (Å²) in [5.74, 6) is -1.52. The molecule has 1 unspecified atom stereocenters. The normalized spacial score (nSPS) is 13.9. The predicted molar refractivity (Wildman–Crippen MR) is 87.3 cm³/mol. The Labute approximate surface area is 134 Å². The van der Waals surface area contributed by atoms with E-state index in [0.29, 0.717) is 0 Å². The number of amides is 1. The largest absolute Gasteiger partial charge is 0.480 e. The summed E-state index contributed by atoms with van der Waals surface area (Å²) in [6.07, 6.45) is 1.87. The van der Waals surface area contributed by atoms with E-state index in [1.165, 1.54) is 6.92 Å². The van der Waals surface area contributed by atoms with E-state index in [1.807, 2.05) is 38.1 Å². The van der Waals surface area contributed by atoms with Crippen molar-refractivity contribution >= 4 is 22.8 Å². The van der Waals surface area contributed by atoms with E-state index < -0.39 is 17.4 Å². The zero-order valence-electron chi connectivity index (χ0n) is 13.6. The van der Waals surface area contributed by atoms with Gasteiger partial charge in [0, 0.05) is 23.5 Å². The highest BCUT2D eigenvalue weighted by molar-refractivity contribution is 5.89. The number of carboxylic acids is 1. The van der Waals surface area contributed by atoms with E-state index in [4.69, 9.17) is 4.74 Å². The molecule has 2 aromatic rings. The smallest absolute Gasteiger partial charge is 0.329 e. The van der Waals surface area contributed by atoms with Crippen molar-refractivity contribution in [1.82, 2.24) is 10.3 Å². The molecule has 6 heteroatoms. The molecule has 0 spiro atoms. The molecule has 1 amide bonds. The topological polar surface area (TPSA) is 91.4 Å². The zero-order valence-corrected chi connectivity index (χ0v) is 13.6.